The molecule has 0 aliphatic heterocycles. The molecule has 0 saturated heterocycles. The Labute approximate surface area is 190 Å². The number of para-hydroxylation sites is 2. The molecule has 0 aliphatic carbocycles. The average molecular weight is 442 g/mol. The van der Waals surface area contributed by atoms with Crippen LogP contribution in [0.1, 0.15) is 27.5 Å². The van der Waals surface area contributed by atoms with Crippen LogP contribution in [0.5, 0.6) is 0 Å². The van der Waals surface area contributed by atoms with Crippen molar-refractivity contribution in [3.63, 3.8) is 0 Å². The first kappa shape index (κ1) is 22.0. The van der Waals surface area contributed by atoms with Crippen molar-refractivity contribution in [2.24, 2.45) is 0 Å². The van der Waals surface area contributed by atoms with Gasteiger partial charge < -0.3 is 15.2 Å². The number of aromatic nitrogens is 2. The summed E-state index contributed by atoms with van der Waals surface area (Å²) in [6.07, 6.45) is 4.85. The van der Waals surface area contributed by atoms with E-state index in [9.17, 15) is 14.0 Å². The number of hydrogen-bond donors (Lipinski definition) is 2. The fourth-order valence-electron chi connectivity index (χ4n) is 3.56. The normalized spacial score (nSPS) is 12.1. The summed E-state index contributed by atoms with van der Waals surface area (Å²) >= 11 is 0. The summed E-state index contributed by atoms with van der Waals surface area (Å²) in [4.78, 5) is 28.8. The zero-order valence-electron chi connectivity index (χ0n) is 18.0. The molecule has 1 unspecified atom stereocenters. The molecule has 0 aliphatic rings. The van der Waals surface area contributed by atoms with E-state index in [1.807, 2.05) is 28.8 Å². The van der Waals surface area contributed by atoms with Crippen LogP contribution in [0, 0.1) is 5.82 Å². The quantitative estimate of drug-likeness (QED) is 0.423. The second-order valence-electron chi connectivity index (χ2n) is 7.53. The van der Waals surface area contributed by atoms with E-state index in [2.05, 4.69) is 15.6 Å². The molecule has 2 amide bonds. The molecule has 4 rings (SSSR count). The van der Waals surface area contributed by atoms with Gasteiger partial charge in [0.25, 0.3) is 5.91 Å². The first-order valence-electron chi connectivity index (χ1n) is 10.5. The lowest BCUT2D eigenvalue weighted by Crippen LogP contribution is -2.30. The molecule has 33 heavy (non-hydrogen) atoms. The number of halogens is 1. The van der Waals surface area contributed by atoms with E-state index in [1.165, 1.54) is 18.2 Å². The number of benzene rings is 3. The van der Waals surface area contributed by atoms with Gasteiger partial charge in [-0.25, -0.2) is 9.37 Å². The van der Waals surface area contributed by atoms with Crippen molar-refractivity contribution in [3.05, 3.63) is 108 Å². The van der Waals surface area contributed by atoms with Crippen LogP contribution < -0.4 is 10.6 Å². The molecule has 1 atom stereocenters. The lowest BCUT2D eigenvalue weighted by molar-refractivity contribution is -0.117. The Kier molecular flexibility index (Phi) is 6.59. The SMILES string of the molecule is CNC(=O)c1ccc(/C=C/C(=O)NC(Cn2cnc3ccccc32)c2ccc(F)cc2)cc1. The monoisotopic (exact) mass is 442 g/mol. The maximum Gasteiger partial charge on any atom is 0.251 e. The Morgan fingerprint density at radius 3 is 2.48 bits per heavy atom. The highest BCUT2D eigenvalue weighted by Gasteiger charge is 2.16. The van der Waals surface area contributed by atoms with Gasteiger partial charge in [-0.05, 0) is 53.6 Å². The molecule has 166 valence electrons. The zero-order valence-corrected chi connectivity index (χ0v) is 18.0. The number of nitrogens with zero attached hydrogens (tertiary/aromatic N) is 2. The highest BCUT2D eigenvalue weighted by atomic mass is 19.1. The molecule has 0 fully saturated rings. The van der Waals surface area contributed by atoms with Crippen molar-refractivity contribution in [1.29, 1.82) is 0 Å². The van der Waals surface area contributed by atoms with E-state index < -0.39 is 6.04 Å². The number of rotatable bonds is 7. The molecule has 0 radical (unpaired) electrons. The molecule has 0 bridgehead atoms. The predicted molar refractivity (Wildman–Crippen MR) is 126 cm³/mol. The number of imidazole rings is 1. The summed E-state index contributed by atoms with van der Waals surface area (Å²) in [5.74, 6) is -0.793. The number of hydrogen-bond acceptors (Lipinski definition) is 3. The van der Waals surface area contributed by atoms with Gasteiger partial charge >= 0.3 is 0 Å². The Hall–Kier alpha value is -4.26. The lowest BCUT2D eigenvalue weighted by Gasteiger charge is -2.19. The van der Waals surface area contributed by atoms with Gasteiger partial charge in [-0.15, -0.1) is 0 Å². The number of carbonyl (C=O) groups is 2. The van der Waals surface area contributed by atoms with Crippen molar-refractivity contribution in [3.8, 4) is 0 Å². The molecular formula is C26H23FN4O2. The third-order valence-corrected chi connectivity index (χ3v) is 5.32. The van der Waals surface area contributed by atoms with E-state index in [1.54, 1.807) is 55.8 Å². The van der Waals surface area contributed by atoms with Crippen LogP contribution in [0.4, 0.5) is 4.39 Å². The van der Waals surface area contributed by atoms with Crippen molar-refractivity contribution in [2.75, 3.05) is 7.05 Å². The topological polar surface area (TPSA) is 76.0 Å². The van der Waals surface area contributed by atoms with Crippen LogP contribution in [0.15, 0.2) is 85.2 Å². The highest BCUT2D eigenvalue weighted by molar-refractivity contribution is 5.95. The minimum absolute atomic E-state index is 0.169. The molecule has 4 aromatic rings. The first-order valence-corrected chi connectivity index (χ1v) is 10.5. The smallest absolute Gasteiger partial charge is 0.251 e. The van der Waals surface area contributed by atoms with Crippen molar-refractivity contribution < 1.29 is 14.0 Å². The van der Waals surface area contributed by atoms with E-state index in [4.69, 9.17) is 0 Å². The van der Waals surface area contributed by atoms with Crippen molar-refractivity contribution in [2.45, 2.75) is 12.6 Å². The second-order valence-corrected chi connectivity index (χ2v) is 7.53. The van der Waals surface area contributed by atoms with Gasteiger partial charge in [0.05, 0.1) is 23.4 Å². The number of fused-ring (bicyclic) bond motifs is 1. The van der Waals surface area contributed by atoms with Crippen LogP contribution in [-0.2, 0) is 11.3 Å². The Balaban J connectivity index is 1.52. The van der Waals surface area contributed by atoms with Crippen molar-refractivity contribution >= 4 is 28.9 Å². The largest absolute Gasteiger partial charge is 0.355 e. The molecular weight excluding hydrogens is 419 g/mol. The Morgan fingerprint density at radius 2 is 1.76 bits per heavy atom. The fourth-order valence-corrected chi connectivity index (χ4v) is 3.56. The third kappa shape index (κ3) is 5.33. The highest BCUT2D eigenvalue weighted by Crippen LogP contribution is 2.20. The molecule has 0 spiro atoms. The summed E-state index contributed by atoms with van der Waals surface area (Å²) in [5.41, 5.74) is 3.93. The lowest BCUT2D eigenvalue weighted by atomic mass is 10.1. The van der Waals surface area contributed by atoms with E-state index in [0.29, 0.717) is 12.1 Å². The van der Waals surface area contributed by atoms with Crippen LogP contribution in [0.2, 0.25) is 0 Å². The average Bonchev–Trinajstić information content (AvgIpc) is 3.25. The summed E-state index contributed by atoms with van der Waals surface area (Å²) in [5, 5.41) is 5.57. The molecule has 1 aromatic heterocycles. The minimum Gasteiger partial charge on any atom is -0.355 e. The van der Waals surface area contributed by atoms with Crippen LogP contribution in [-0.4, -0.2) is 28.4 Å². The first-order chi connectivity index (χ1) is 16.0. The maximum absolute atomic E-state index is 13.5. The molecule has 0 saturated carbocycles. The molecule has 2 N–H and O–H groups in total. The van der Waals surface area contributed by atoms with Gasteiger partial charge in [-0.2, -0.15) is 0 Å². The summed E-state index contributed by atoms with van der Waals surface area (Å²) in [7, 11) is 1.57. The van der Waals surface area contributed by atoms with Gasteiger partial charge in [0.2, 0.25) is 5.91 Å². The molecule has 3 aromatic carbocycles. The number of carbonyl (C=O) groups excluding carboxylic acids is 2. The van der Waals surface area contributed by atoms with E-state index in [0.717, 1.165) is 22.2 Å². The van der Waals surface area contributed by atoms with Crippen LogP contribution in [0.25, 0.3) is 17.1 Å². The summed E-state index contributed by atoms with van der Waals surface area (Å²) < 4.78 is 15.4. The van der Waals surface area contributed by atoms with Gasteiger partial charge in [-0.1, -0.05) is 36.4 Å². The van der Waals surface area contributed by atoms with Crippen LogP contribution >= 0.6 is 0 Å². The Bertz CT molecular complexity index is 1290. The summed E-state index contributed by atoms with van der Waals surface area (Å²) in [6, 6.07) is 20.4. The second kappa shape index (κ2) is 9.91. The van der Waals surface area contributed by atoms with Crippen molar-refractivity contribution in [1.82, 2.24) is 20.2 Å². The van der Waals surface area contributed by atoms with Gasteiger partial charge in [0.1, 0.15) is 5.82 Å². The zero-order chi connectivity index (χ0) is 23.2. The number of nitrogens with one attached hydrogen (secondary N) is 2. The fraction of sp³-hybridized carbons (Fsp3) is 0.115. The predicted octanol–water partition coefficient (Wildman–Crippen LogP) is 4.11. The standard InChI is InChI=1S/C26H23FN4O2/c1-28-26(33)20-9-6-18(7-10-20)8-15-25(32)30-23(19-11-13-21(27)14-12-19)16-31-17-29-22-4-2-3-5-24(22)31/h2-15,17,23H,16H2,1H3,(H,28,33)(H,30,32)/b15-8+. The number of amides is 2. The summed E-state index contributed by atoms with van der Waals surface area (Å²) in [6.45, 7) is 0.437. The van der Waals surface area contributed by atoms with E-state index in [-0.39, 0.29) is 17.6 Å². The van der Waals surface area contributed by atoms with Gasteiger partial charge in [0, 0.05) is 25.2 Å². The third-order valence-electron chi connectivity index (χ3n) is 5.32. The van der Waals surface area contributed by atoms with E-state index >= 15 is 0 Å². The maximum atomic E-state index is 13.5. The van der Waals surface area contributed by atoms with Crippen LogP contribution in [0.3, 0.4) is 0 Å². The molecule has 7 heteroatoms. The van der Waals surface area contributed by atoms with Gasteiger partial charge in [0.15, 0.2) is 0 Å². The minimum atomic E-state index is -0.393. The molecule has 6 nitrogen and oxygen atoms in total. The Morgan fingerprint density at radius 1 is 1.03 bits per heavy atom. The van der Waals surface area contributed by atoms with Gasteiger partial charge in [-0.3, -0.25) is 9.59 Å². The molecule has 1 heterocycles.